The lowest BCUT2D eigenvalue weighted by atomic mass is 9.93. The van der Waals surface area contributed by atoms with Crippen LogP contribution in [0.3, 0.4) is 0 Å². The molecule has 30 heavy (non-hydrogen) atoms. The molecule has 3 aromatic rings. The molecule has 1 fully saturated rings. The molecular formula is C19H19FN6O2S2. The summed E-state index contributed by atoms with van der Waals surface area (Å²) in [6.07, 6.45) is 1.15. The van der Waals surface area contributed by atoms with Crippen molar-refractivity contribution in [3.63, 3.8) is 0 Å². The van der Waals surface area contributed by atoms with Gasteiger partial charge in [0.15, 0.2) is 5.13 Å². The molecule has 1 aliphatic rings. The zero-order valence-electron chi connectivity index (χ0n) is 16.2. The van der Waals surface area contributed by atoms with Crippen molar-refractivity contribution in [1.82, 2.24) is 19.6 Å². The quantitative estimate of drug-likeness (QED) is 0.568. The van der Waals surface area contributed by atoms with Crippen molar-refractivity contribution in [2.75, 3.05) is 18.1 Å². The fourth-order valence-corrected chi connectivity index (χ4v) is 5.38. The van der Waals surface area contributed by atoms with E-state index in [-0.39, 0.29) is 11.7 Å². The third-order valence-electron chi connectivity index (χ3n) is 4.84. The minimum absolute atomic E-state index is 0.167. The van der Waals surface area contributed by atoms with E-state index in [9.17, 15) is 12.8 Å². The van der Waals surface area contributed by atoms with Gasteiger partial charge in [-0.3, -0.25) is 10.4 Å². The van der Waals surface area contributed by atoms with Gasteiger partial charge in [-0.2, -0.15) is 0 Å². The second-order valence-corrected chi connectivity index (χ2v) is 9.99. The maximum Gasteiger partial charge on any atom is 0.239 e. The molecule has 0 radical (unpaired) electrons. The van der Waals surface area contributed by atoms with Crippen molar-refractivity contribution in [3.8, 4) is 11.4 Å². The molecule has 0 spiro atoms. The van der Waals surface area contributed by atoms with Crippen LogP contribution in [0.25, 0.3) is 11.4 Å². The summed E-state index contributed by atoms with van der Waals surface area (Å²) in [6, 6.07) is 10.2. The van der Waals surface area contributed by atoms with Gasteiger partial charge in [-0.05, 0) is 36.8 Å². The molecule has 0 aliphatic carbocycles. The van der Waals surface area contributed by atoms with E-state index in [4.69, 9.17) is 5.41 Å². The molecule has 1 saturated heterocycles. The van der Waals surface area contributed by atoms with E-state index in [1.807, 2.05) is 29.6 Å². The second kappa shape index (κ2) is 7.33. The fourth-order valence-electron chi connectivity index (χ4n) is 3.17. The molecule has 1 atom stereocenters. The van der Waals surface area contributed by atoms with Crippen LogP contribution in [0.1, 0.15) is 12.5 Å². The lowest BCUT2D eigenvalue weighted by Crippen LogP contribution is -2.60. The molecule has 4 rings (SSSR count). The highest BCUT2D eigenvalue weighted by atomic mass is 32.2. The Morgan fingerprint density at radius 3 is 2.80 bits per heavy atom. The highest BCUT2D eigenvalue weighted by molar-refractivity contribution is 7.89. The molecule has 0 bridgehead atoms. The summed E-state index contributed by atoms with van der Waals surface area (Å²) in [6.45, 7) is 1.76. The van der Waals surface area contributed by atoms with Crippen LogP contribution in [0.4, 0.5) is 15.2 Å². The Morgan fingerprint density at radius 2 is 2.10 bits per heavy atom. The summed E-state index contributed by atoms with van der Waals surface area (Å²) in [5.74, 6) is -0.742. The Kier molecular flexibility index (Phi) is 4.94. The maximum absolute atomic E-state index is 13.1. The Balaban J connectivity index is 1.57. The molecule has 0 unspecified atom stereocenters. The first-order valence-electron chi connectivity index (χ1n) is 8.95. The van der Waals surface area contributed by atoms with E-state index in [0.29, 0.717) is 16.5 Å². The minimum Gasteiger partial charge on any atom is -0.345 e. The third kappa shape index (κ3) is 3.85. The van der Waals surface area contributed by atoms with Gasteiger partial charge < -0.3 is 10.6 Å². The Morgan fingerprint density at radius 1 is 1.30 bits per heavy atom. The topological polar surface area (TPSA) is 111 Å². The van der Waals surface area contributed by atoms with Crippen LogP contribution in [-0.2, 0) is 15.6 Å². The number of nitrogens with zero attached hydrogens (tertiary/aromatic N) is 3. The molecule has 11 heteroatoms. The fraction of sp³-hybridized carbons (Fsp3) is 0.211. The van der Waals surface area contributed by atoms with E-state index >= 15 is 0 Å². The van der Waals surface area contributed by atoms with Crippen molar-refractivity contribution in [1.29, 1.82) is 5.41 Å². The number of rotatable bonds is 4. The zero-order valence-corrected chi connectivity index (χ0v) is 17.8. The first kappa shape index (κ1) is 20.2. The Labute approximate surface area is 177 Å². The molecule has 3 heterocycles. The van der Waals surface area contributed by atoms with E-state index in [1.165, 1.54) is 24.5 Å². The van der Waals surface area contributed by atoms with Gasteiger partial charge in [0.2, 0.25) is 16.0 Å². The van der Waals surface area contributed by atoms with Gasteiger partial charge in [0, 0.05) is 18.1 Å². The SMILES string of the molecule is CN1C(=N)N[C@](C)(c2cccc(Nc3nc(-c4ccc(F)cn4)cs3)c2)CS1(=O)=O. The zero-order chi connectivity index (χ0) is 21.5. The Hall–Kier alpha value is -3.05. The summed E-state index contributed by atoms with van der Waals surface area (Å²) < 4.78 is 38.8. The minimum atomic E-state index is -3.59. The van der Waals surface area contributed by atoms with Crippen LogP contribution >= 0.6 is 11.3 Å². The highest BCUT2D eigenvalue weighted by Crippen LogP contribution is 2.31. The number of hydrogen-bond acceptors (Lipinski definition) is 7. The predicted octanol–water partition coefficient (Wildman–Crippen LogP) is 3.10. The molecule has 2 aromatic heterocycles. The smallest absolute Gasteiger partial charge is 0.239 e. The van der Waals surface area contributed by atoms with Gasteiger partial charge in [0.05, 0.1) is 23.2 Å². The monoisotopic (exact) mass is 446 g/mol. The lowest BCUT2D eigenvalue weighted by molar-refractivity contribution is 0.418. The molecule has 1 aromatic carbocycles. The maximum atomic E-state index is 13.1. The lowest BCUT2D eigenvalue weighted by Gasteiger charge is -2.40. The summed E-state index contributed by atoms with van der Waals surface area (Å²) in [5, 5.41) is 16.6. The average Bonchev–Trinajstić information content (AvgIpc) is 3.15. The molecule has 8 nitrogen and oxygen atoms in total. The van der Waals surface area contributed by atoms with Gasteiger partial charge in [-0.1, -0.05) is 12.1 Å². The number of sulfonamides is 1. The van der Waals surface area contributed by atoms with Crippen LogP contribution in [0, 0.1) is 11.2 Å². The summed E-state index contributed by atoms with van der Waals surface area (Å²) in [4.78, 5) is 8.51. The van der Waals surface area contributed by atoms with Crippen LogP contribution < -0.4 is 10.6 Å². The predicted molar refractivity (Wildman–Crippen MR) is 115 cm³/mol. The van der Waals surface area contributed by atoms with Gasteiger partial charge in [-0.25, -0.2) is 22.1 Å². The summed E-state index contributed by atoms with van der Waals surface area (Å²) >= 11 is 1.38. The van der Waals surface area contributed by atoms with E-state index in [1.54, 1.807) is 13.0 Å². The van der Waals surface area contributed by atoms with Crippen LogP contribution in [0.15, 0.2) is 48.0 Å². The van der Waals surface area contributed by atoms with Crippen molar-refractivity contribution in [2.45, 2.75) is 12.5 Å². The van der Waals surface area contributed by atoms with Crippen molar-refractivity contribution in [2.24, 2.45) is 0 Å². The van der Waals surface area contributed by atoms with Crippen molar-refractivity contribution >= 4 is 38.1 Å². The third-order valence-corrected chi connectivity index (χ3v) is 7.56. The van der Waals surface area contributed by atoms with Gasteiger partial charge >= 0.3 is 0 Å². The van der Waals surface area contributed by atoms with E-state index in [2.05, 4.69) is 20.6 Å². The van der Waals surface area contributed by atoms with Gasteiger partial charge in [0.25, 0.3) is 0 Å². The number of aromatic nitrogens is 2. The van der Waals surface area contributed by atoms with Crippen LogP contribution in [0.5, 0.6) is 0 Å². The Bertz CT molecular complexity index is 1210. The summed E-state index contributed by atoms with van der Waals surface area (Å²) in [7, 11) is -2.23. The average molecular weight is 447 g/mol. The van der Waals surface area contributed by atoms with E-state index < -0.39 is 21.4 Å². The number of nitrogens with one attached hydrogen (secondary N) is 3. The molecule has 3 N–H and O–H groups in total. The largest absolute Gasteiger partial charge is 0.345 e. The van der Waals surface area contributed by atoms with Gasteiger partial charge in [0.1, 0.15) is 11.5 Å². The van der Waals surface area contributed by atoms with Crippen molar-refractivity contribution in [3.05, 3.63) is 59.4 Å². The normalized spacial score (nSPS) is 20.6. The van der Waals surface area contributed by atoms with Gasteiger partial charge in [-0.15, -0.1) is 11.3 Å². The number of anilines is 2. The van der Waals surface area contributed by atoms with Crippen molar-refractivity contribution < 1.29 is 12.8 Å². The molecular weight excluding hydrogens is 427 g/mol. The second-order valence-electron chi connectivity index (χ2n) is 7.13. The molecule has 0 saturated carbocycles. The molecule has 1 aliphatic heterocycles. The molecule has 156 valence electrons. The number of benzene rings is 1. The number of hydrogen-bond donors (Lipinski definition) is 3. The van der Waals surface area contributed by atoms with Crippen LogP contribution in [-0.4, -0.2) is 41.5 Å². The highest BCUT2D eigenvalue weighted by Gasteiger charge is 2.41. The number of pyridine rings is 1. The van der Waals surface area contributed by atoms with Crippen LogP contribution in [0.2, 0.25) is 0 Å². The number of thiazole rings is 1. The first-order chi connectivity index (χ1) is 14.2. The standard InChI is InChI=1S/C19H19FN6O2S2/c1-19(11-30(27,28)26(2)17(21)25-19)12-4-3-5-14(8-12)23-18-24-16(10-29-18)15-7-6-13(20)9-22-15/h3-10H,11H2,1-2H3,(H2,21,25)(H,23,24)/t19-/m0/s1. The summed E-state index contributed by atoms with van der Waals surface area (Å²) in [5.41, 5.74) is 1.72. The first-order valence-corrected chi connectivity index (χ1v) is 11.4. The number of guanidine groups is 1. The molecule has 0 amide bonds. The van der Waals surface area contributed by atoms with E-state index in [0.717, 1.165) is 21.8 Å². The number of halogens is 1.